The van der Waals surface area contributed by atoms with Crippen LogP contribution in [0.4, 0.5) is 0 Å². The zero-order valence-electron chi connectivity index (χ0n) is 8.51. The lowest BCUT2D eigenvalue weighted by Gasteiger charge is -2.20. The van der Waals surface area contributed by atoms with E-state index in [1.807, 2.05) is 0 Å². The van der Waals surface area contributed by atoms with E-state index < -0.39 is 5.60 Å². The second-order valence-corrected chi connectivity index (χ2v) is 3.63. The molecule has 82 valence electrons. The lowest BCUT2D eigenvalue weighted by Crippen LogP contribution is -2.42. The highest BCUT2D eigenvalue weighted by molar-refractivity contribution is 5.75. The molecule has 0 aromatic carbocycles. The Morgan fingerprint density at radius 1 is 1.64 bits per heavy atom. The molecular weight excluding hydrogens is 184 g/mol. The minimum atomic E-state index is -0.733. The SMILES string of the molecule is CNC(=O)CCNCC1(O)CCOC1. The molecule has 1 saturated heterocycles. The van der Waals surface area contributed by atoms with Crippen LogP contribution in [0, 0.1) is 0 Å². The monoisotopic (exact) mass is 202 g/mol. The van der Waals surface area contributed by atoms with E-state index in [-0.39, 0.29) is 5.91 Å². The van der Waals surface area contributed by atoms with E-state index in [9.17, 15) is 9.90 Å². The second kappa shape index (κ2) is 5.29. The number of carbonyl (C=O) groups excluding carboxylic acids is 1. The summed E-state index contributed by atoms with van der Waals surface area (Å²) in [5, 5.41) is 15.4. The number of amides is 1. The van der Waals surface area contributed by atoms with Crippen LogP contribution in [0.25, 0.3) is 0 Å². The number of nitrogens with one attached hydrogen (secondary N) is 2. The number of hydrogen-bond acceptors (Lipinski definition) is 4. The topological polar surface area (TPSA) is 70.6 Å². The van der Waals surface area contributed by atoms with Gasteiger partial charge in [0, 0.05) is 39.6 Å². The lowest BCUT2D eigenvalue weighted by molar-refractivity contribution is -0.120. The van der Waals surface area contributed by atoms with Crippen molar-refractivity contribution < 1.29 is 14.6 Å². The molecule has 14 heavy (non-hydrogen) atoms. The summed E-state index contributed by atoms with van der Waals surface area (Å²) in [5.74, 6) is 0.00663. The number of aliphatic hydroxyl groups is 1. The van der Waals surface area contributed by atoms with Crippen molar-refractivity contribution in [3.63, 3.8) is 0 Å². The van der Waals surface area contributed by atoms with Crippen LogP contribution in [0.15, 0.2) is 0 Å². The molecule has 0 radical (unpaired) electrons. The normalized spacial score (nSPS) is 26.4. The average molecular weight is 202 g/mol. The summed E-state index contributed by atoms with van der Waals surface area (Å²) in [6.45, 7) is 2.08. The molecule has 5 nitrogen and oxygen atoms in total. The van der Waals surface area contributed by atoms with Crippen LogP contribution in [0.5, 0.6) is 0 Å². The van der Waals surface area contributed by atoms with Crippen molar-refractivity contribution >= 4 is 5.91 Å². The Kier molecular flexibility index (Phi) is 4.31. The van der Waals surface area contributed by atoms with E-state index in [0.29, 0.717) is 39.1 Å². The average Bonchev–Trinajstić information content (AvgIpc) is 2.60. The Morgan fingerprint density at radius 3 is 3.00 bits per heavy atom. The molecule has 1 aliphatic heterocycles. The van der Waals surface area contributed by atoms with E-state index in [1.165, 1.54) is 0 Å². The summed E-state index contributed by atoms with van der Waals surface area (Å²) in [7, 11) is 1.61. The van der Waals surface area contributed by atoms with Crippen LogP contribution in [-0.4, -0.2) is 50.0 Å². The third kappa shape index (κ3) is 3.61. The maximum Gasteiger partial charge on any atom is 0.221 e. The summed E-state index contributed by atoms with van der Waals surface area (Å²) in [6.07, 6.45) is 1.10. The molecule has 1 heterocycles. The van der Waals surface area contributed by atoms with Crippen molar-refractivity contribution in [1.29, 1.82) is 0 Å². The zero-order valence-corrected chi connectivity index (χ0v) is 8.51. The van der Waals surface area contributed by atoms with Crippen molar-refractivity contribution in [3.05, 3.63) is 0 Å². The van der Waals surface area contributed by atoms with E-state index >= 15 is 0 Å². The van der Waals surface area contributed by atoms with Crippen molar-refractivity contribution in [2.45, 2.75) is 18.4 Å². The maximum absolute atomic E-state index is 10.8. The zero-order chi connectivity index (χ0) is 10.4. The van der Waals surface area contributed by atoms with Gasteiger partial charge in [-0.2, -0.15) is 0 Å². The molecule has 0 bridgehead atoms. The molecule has 0 aromatic heterocycles. The molecule has 0 aromatic rings. The standard InChI is InChI=1S/C9H18N2O3/c1-10-8(12)2-4-11-6-9(13)3-5-14-7-9/h11,13H,2-7H2,1H3,(H,10,12). The molecule has 0 aliphatic carbocycles. The predicted molar refractivity (Wildman–Crippen MR) is 51.9 cm³/mol. The summed E-state index contributed by atoms with van der Waals surface area (Å²) < 4.78 is 5.09. The molecule has 1 atom stereocenters. The van der Waals surface area contributed by atoms with Crippen LogP contribution >= 0.6 is 0 Å². The summed E-state index contributed by atoms with van der Waals surface area (Å²) in [4.78, 5) is 10.8. The number of carbonyl (C=O) groups is 1. The van der Waals surface area contributed by atoms with Crippen molar-refractivity contribution in [3.8, 4) is 0 Å². The second-order valence-electron chi connectivity index (χ2n) is 3.63. The van der Waals surface area contributed by atoms with Crippen LogP contribution in [0.3, 0.4) is 0 Å². The van der Waals surface area contributed by atoms with Gasteiger partial charge in [0.1, 0.15) is 5.60 Å². The molecule has 1 rings (SSSR count). The molecule has 3 N–H and O–H groups in total. The van der Waals surface area contributed by atoms with Gasteiger partial charge in [-0.3, -0.25) is 4.79 Å². The quantitative estimate of drug-likeness (QED) is 0.493. The largest absolute Gasteiger partial charge is 0.386 e. The van der Waals surface area contributed by atoms with Gasteiger partial charge in [-0.05, 0) is 0 Å². The smallest absolute Gasteiger partial charge is 0.221 e. The fourth-order valence-corrected chi connectivity index (χ4v) is 1.38. The van der Waals surface area contributed by atoms with Crippen molar-refractivity contribution in [2.24, 2.45) is 0 Å². The Morgan fingerprint density at radius 2 is 2.43 bits per heavy atom. The third-order valence-corrected chi connectivity index (χ3v) is 2.34. The van der Waals surface area contributed by atoms with Gasteiger partial charge in [0.05, 0.1) is 6.61 Å². The number of hydrogen-bond donors (Lipinski definition) is 3. The predicted octanol–water partition coefficient (Wildman–Crippen LogP) is -1.14. The van der Waals surface area contributed by atoms with Gasteiger partial charge >= 0.3 is 0 Å². The Bertz CT molecular complexity index is 190. The lowest BCUT2D eigenvalue weighted by atomic mass is 10.0. The minimum absolute atomic E-state index is 0.00663. The first-order valence-electron chi connectivity index (χ1n) is 4.88. The molecular formula is C9H18N2O3. The molecule has 0 saturated carbocycles. The number of rotatable bonds is 5. The van der Waals surface area contributed by atoms with Crippen LogP contribution in [-0.2, 0) is 9.53 Å². The Hall–Kier alpha value is -0.650. The summed E-state index contributed by atoms with van der Waals surface area (Å²) in [5.41, 5.74) is -0.733. The first-order valence-corrected chi connectivity index (χ1v) is 4.88. The van der Waals surface area contributed by atoms with E-state index in [1.54, 1.807) is 7.05 Å². The highest BCUT2D eigenvalue weighted by atomic mass is 16.5. The van der Waals surface area contributed by atoms with Gasteiger partial charge < -0.3 is 20.5 Å². The molecule has 1 fully saturated rings. The van der Waals surface area contributed by atoms with Crippen LogP contribution in [0.2, 0.25) is 0 Å². The first kappa shape index (κ1) is 11.4. The van der Waals surface area contributed by atoms with Gasteiger partial charge in [0.15, 0.2) is 0 Å². The molecule has 0 spiro atoms. The Balaban J connectivity index is 2.06. The highest BCUT2D eigenvalue weighted by Crippen LogP contribution is 2.16. The van der Waals surface area contributed by atoms with E-state index in [0.717, 1.165) is 0 Å². The van der Waals surface area contributed by atoms with E-state index in [4.69, 9.17) is 4.74 Å². The molecule has 1 aliphatic rings. The fourth-order valence-electron chi connectivity index (χ4n) is 1.38. The maximum atomic E-state index is 10.8. The highest BCUT2D eigenvalue weighted by Gasteiger charge is 2.31. The van der Waals surface area contributed by atoms with Gasteiger partial charge in [-0.15, -0.1) is 0 Å². The molecule has 5 heteroatoms. The van der Waals surface area contributed by atoms with Crippen LogP contribution in [0.1, 0.15) is 12.8 Å². The van der Waals surface area contributed by atoms with Crippen LogP contribution < -0.4 is 10.6 Å². The van der Waals surface area contributed by atoms with Gasteiger partial charge in [0.2, 0.25) is 5.91 Å². The molecule has 1 unspecified atom stereocenters. The van der Waals surface area contributed by atoms with Gasteiger partial charge in [0.25, 0.3) is 0 Å². The first-order chi connectivity index (χ1) is 6.66. The van der Waals surface area contributed by atoms with Crippen molar-refractivity contribution in [1.82, 2.24) is 10.6 Å². The summed E-state index contributed by atoms with van der Waals surface area (Å²) in [6, 6.07) is 0. The molecule has 1 amide bonds. The fraction of sp³-hybridized carbons (Fsp3) is 0.889. The number of ether oxygens (including phenoxy) is 1. The Labute approximate surface area is 83.8 Å². The van der Waals surface area contributed by atoms with E-state index in [2.05, 4.69) is 10.6 Å². The van der Waals surface area contributed by atoms with Gasteiger partial charge in [-0.1, -0.05) is 0 Å². The van der Waals surface area contributed by atoms with Gasteiger partial charge in [-0.25, -0.2) is 0 Å². The minimum Gasteiger partial charge on any atom is -0.386 e. The third-order valence-electron chi connectivity index (χ3n) is 2.34. The van der Waals surface area contributed by atoms with Crippen molar-refractivity contribution in [2.75, 3.05) is 33.4 Å². The summed E-state index contributed by atoms with van der Waals surface area (Å²) >= 11 is 0.